The third-order valence-electron chi connectivity index (χ3n) is 3.59. The number of rotatable bonds is 6. The molecule has 0 saturated heterocycles. The van der Waals surface area contributed by atoms with E-state index in [1.54, 1.807) is 13.3 Å². The van der Waals surface area contributed by atoms with Gasteiger partial charge in [-0.05, 0) is 25.1 Å². The molecule has 0 aliphatic rings. The number of pyridine rings is 1. The Morgan fingerprint density at radius 1 is 1.39 bits per heavy atom. The number of aliphatic imine (C=N–C) groups is 1. The van der Waals surface area contributed by atoms with Crippen LogP contribution in [-0.2, 0) is 20.1 Å². The van der Waals surface area contributed by atoms with E-state index in [4.69, 9.17) is 9.73 Å². The molecule has 0 aromatic carbocycles. The highest BCUT2D eigenvalue weighted by molar-refractivity contribution is 5.79. The fourth-order valence-electron chi connectivity index (χ4n) is 2.34. The molecule has 0 spiro atoms. The zero-order chi connectivity index (χ0) is 16.7. The Bertz CT molecular complexity index is 650. The van der Waals surface area contributed by atoms with Gasteiger partial charge in [-0.25, -0.2) is 9.98 Å². The van der Waals surface area contributed by atoms with Crippen molar-refractivity contribution >= 4 is 5.96 Å². The van der Waals surface area contributed by atoms with Crippen LogP contribution in [0.2, 0.25) is 0 Å². The highest BCUT2D eigenvalue weighted by atomic mass is 16.5. The molecule has 1 N–H and O–H groups in total. The molecule has 0 atom stereocenters. The zero-order valence-corrected chi connectivity index (χ0v) is 14.3. The van der Waals surface area contributed by atoms with Crippen LogP contribution in [0.25, 0.3) is 0 Å². The maximum atomic E-state index is 5.28. The van der Waals surface area contributed by atoms with Gasteiger partial charge in [-0.15, -0.1) is 0 Å². The molecule has 2 rings (SSSR count). The van der Waals surface area contributed by atoms with E-state index in [1.165, 1.54) is 5.69 Å². The first kappa shape index (κ1) is 16.9. The van der Waals surface area contributed by atoms with Crippen LogP contribution < -0.4 is 10.1 Å². The molecule has 2 heterocycles. The predicted octanol–water partition coefficient (Wildman–Crippen LogP) is 2.03. The minimum atomic E-state index is 0.525. The molecule has 6 nitrogen and oxygen atoms in total. The fraction of sp³-hybridized carbons (Fsp3) is 0.412. The zero-order valence-electron chi connectivity index (χ0n) is 14.3. The van der Waals surface area contributed by atoms with Crippen molar-refractivity contribution in [2.45, 2.75) is 20.0 Å². The minimum Gasteiger partial charge on any atom is -0.481 e. The molecule has 6 heteroatoms. The largest absolute Gasteiger partial charge is 0.481 e. The second-order valence-corrected chi connectivity index (χ2v) is 5.31. The summed E-state index contributed by atoms with van der Waals surface area (Å²) in [7, 11) is 5.71. The molecule has 0 aliphatic heterocycles. The maximum Gasteiger partial charge on any atom is 0.218 e. The summed E-state index contributed by atoms with van der Waals surface area (Å²) in [6.07, 6.45) is 3.77. The Labute approximate surface area is 137 Å². The third kappa shape index (κ3) is 4.48. The molecule has 124 valence electrons. The van der Waals surface area contributed by atoms with Gasteiger partial charge in [0.2, 0.25) is 5.88 Å². The standard InChI is InChI=1S/C17H25N5O/c1-5-18-17(22(3)13-15-9-7-11-21(15)2)20-12-14-8-6-10-19-16(14)23-4/h6-11H,5,12-13H2,1-4H3,(H,18,20). The number of methoxy groups -OCH3 is 1. The van der Waals surface area contributed by atoms with Crippen molar-refractivity contribution in [2.75, 3.05) is 20.7 Å². The van der Waals surface area contributed by atoms with E-state index in [1.807, 2.05) is 38.5 Å². The molecular formula is C17H25N5O. The number of hydrogen-bond donors (Lipinski definition) is 1. The second-order valence-electron chi connectivity index (χ2n) is 5.31. The van der Waals surface area contributed by atoms with Gasteiger partial charge < -0.3 is 19.5 Å². The van der Waals surface area contributed by atoms with E-state index >= 15 is 0 Å². The molecule has 0 unspecified atom stereocenters. The van der Waals surface area contributed by atoms with Gasteiger partial charge in [-0.1, -0.05) is 6.07 Å². The van der Waals surface area contributed by atoms with Gasteiger partial charge in [0, 0.05) is 44.3 Å². The summed E-state index contributed by atoms with van der Waals surface area (Å²) < 4.78 is 7.40. The quantitative estimate of drug-likeness (QED) is 0.654. The van der Waals surface area contributed by atoms with Crippen LogP contribution in [0.1, 0.15) is 18.2 Å². The summed E-state index contributed by atoms with van der Waals surface area (Å²) in [5.74, 6) is 1.48. The summed E-state index contributed by atoms with van der Waals surface area (Å²) in [4.78, 5) is 11.0. The molecule has 0 bridgehead atoms. The minimum absolute atomic E-state index is 0.525. The number of hydrogen-bond acceptors (Lipinski definition) is 3. The number of ether oxygens (including phenoxy) is 1. The molecule has 2 aromatic rings. The predicted molar refractivity (Wildman–Crippen MR) is 92.5 cm³/mol. The normalized spacial score (nSPS) is 11.4. The molecule has 0 amide bonds. The maximum absolute atomic E-state index is 5.28. The van der Waals surface area contributed by atoms with E-state index < -0.39 is 0 Å². The van der Waals surface area contributed by atoms with Crippen LogP contribution in [-0.4, -0.2) is 41.1 Å². The van der Waals surface area contributed by atoms with Gasteiger partial charge in [-0.2, -0.15) is 0 Å². The summed E-state index contributed by atoms with van der Waals surface area (Å²) >= 11 is 0. The van der Waals surface area contributed by atoms with Crippen LogP contribution in [0.15, 0.2) is 41.7 Å². The first-order valence-electron chi connectivity index (χ1n) is 7.73. The first-order valence-corrected chi connectivity index (χ1v) is 7.73. The third-order valence-corrected chi connectivity index (χ3v) is 3.59. The average Bonchev–Trinajstić information content (AvgIpc) is 2.96. The highest BCUT2D eigenvalue weighted by Crippen LogP contribution is 2.14. The van der Waals surface area contributed by atoms with Gasteiger partial charge in [0.25, 0.3) is 0 Å². The number of aryl methyl sites for hydroxylation is 1. The van der Waals surface area contributed by atoms with Crippen LogP contribution in [0.3, 0.4) is 0 Å². The Hall–Kier alpha value is -2.50. The topological polar surface area (TPSA) is 54.7 Å². The van der Waals surface area contributed by atoms with Crippen molar-refractivity contribution in [3.8, 4) is 5.88 Å². The first-order chi connectivity index (χ1) is 11.2. The SMILES string of the molecule is CCNC(=NCc1cccnc1OC)N(C)Cc1cccn1C. The number of guanidine groups is 1. The van der Waals surface area contributed by atoms with Crippen LogP contribution in [0.5, 0.6) is 5.88 Å². The van der Waals surface area contributed by atoms with Crippen LogP contribution >= 0.6 is 0 Å². The number of aromatic nitrogens is 2. The van der Waals surface area contributed by atoms with E-state index in [0.29, 0.717) is 12.4 Å². The Kier molecular flexibility index (Phi) is 6.02. The lowest BCUT2D eigenvalue weighted by Crippen LogP contribution is -2.38. The van der Waals surface area contributed by atoms with E-state index in [9.17, 15) is 0 Å². The fourth-order valence-corrected chi connectivity index (χ4v) is 2.34. The van der Waals surface area contributed by atoms with Crippen molar-refractivity contribution in [1.82, 2.24) is 19.8 Å². The monoisotopic (exact) mass is 315 g/mol. The van der Waals surface area contributed by atoms with E-state index in [0.717, 1.165) is 24.6 Å². The second kappa shape index (κ2) is 8.22. The molecule has 0 saturated carbocycles. The van der Waals surface area contributed by atoms with Crippen molar-refractivity contribution in [2.24, 2.45) is 12.0 Å². The van der Waals surface area contributed by atoms with Crippen molar-refractivity contribution in [3.63, 3.8) is 0 Å². The Balaban J connectivity index is 2.11. The Morgan fingerprint density at radius 3 is 2.87 bits per heavy atom. The van der Waals surface area contributed by atoms with Gasteiger partial charge in [0.05, 0.1) is 20.2 Å². The molecule has 0 aliphatic carbocycles. The molecule has 0 radical (unpaired) electrons. The van der Waals surface area contributed by atoms with Crippen LogP contribution in [0.4, 0.5) is 0 Å². The van der Waals surface area contributed by atoms with E-state index in [2.05, 4.69) is 32.8 Å². The van der Waals surface area contributed by atoms with Gasteiger partial charge >= 0.3 is 0 Å². The van der Waals surface area contributed by atoms with Gasteiger partial charge in [0.1, 0.15) is 0 Å². The van der Waals surface area contributed by atoms with Crippen LogP contribution in [0, 0.1) is 0 Å². The van der Waals surface area contributed by atoms with Crippen molar-refractivity contribution in [1.29, 1.82) is 0 Å². The smallest absolute Gasteiger partial charge is 0.218 e. The molecule has 0 fully saturated rings. The molecule has 23 heavy (non-hydrogen) atoms. The number of nitrogens with zero attached hydrogens (tertiary/aromatic N) is 4. The van der Waals surface area contributed by atoms with E-state index in [-0.39, 0.29) is 0 Å². The summed E-state index contributed by atoms with van der Waals surface area (Å²) in [5, 5.41) is 3.33. The lowest BCUT2D eigenvalue weighted by Gasteiger charge is -2.22. The van der Waals surface area contributed by atoms with Gasteiger partial charge in [-0.3, -0.25) is 0 Å². The average molecular weight is 315 g/mol. The molecule has 2 aromatic heterocycles. The summed E-state index contributed by atoms with van der Waals surface area (Å²) in [6, 6.07) is 8.04. The molecular weight excluding hydrogens is 290 g/mol. The highest BCUT2D eigenvalue weighted by Gasteiger charge is 2.09. The van der Waals surface area contributed by atoms with Crippen molar-refractivity contribution < 1.29 is 4.74 Å². The van der Waals surface area contributed by atoms with Crippen molar-refractivity contribution in [3.05, 3.63) is 47.9 Å². The Morgan fingerprint density at radius 2 is 2.22 bits per heavy atom. The summed E-state index contributed by atoms with van der Waals surface area (Å²) in [5.41, 5.74) is 2.20. The van der Waals surface area contributed by atoms with Gasteiger partial charge in [0.15, 0.2) is 5.96 Å². The lowest BCUT2D eigenvalue weighted by atomic mass is 10.3. The summed E-state index contributed by atoms with van der Waals surface area (Å²) in [6.45, 7) is 4.20. The lowest BCUT2D eigenvalue weighted by molar-refractivity contribution is 0.392. The number of nitrogens with one attached hydrogen (secondary N) is 1.